The van der Waals surface area contributed by atoms with Gasteiger partial charge in [-0.1, -0.05) is 0 Å². The largest absolute Gasteiger partial charge is 0.391 e. The highest BCUT2D eigenvalue weighted by molar-refractivity contribution is 5.93. The van der Waals surface area contributed by atoms with Crippen molar-refractivity contribution >= 4 is 17.6 Å². The fraction of sp³-hybridized carbons (Fsp3) is 0.722. The Morgan fingerprint density at radius 3 is 2.74 bits per heavy atom. The molecular formula is C18H27N5O4. The van der Waals surface area contributed by atoms with Crippen molar-refractivity contribution in [1.82, 2.24) is 20.4 Å². The molecule has 1 aromatic rings. The summed E-state index contributed by atoms with van der Waals surface area (Å²) in [4.78, 5) is 27.0. The number of rotatable bonds is 3. The van der Waals surface area contributed by atoms with E-state index in [1.807, 2.05) is 4.90 Å². The number of aromatic nitrogens is 2. The van der Waals surface area contributed by atoms with Crippen LogP contribution < -0.4 is 11.1 Å². The van der Waals surface area contributed by atoms with Crippen LogP contribution in [-0.2, 0) is 9.53 Å². The molecule has 3 heterocycles. The van der Waals surface area contributed by atoms with Crippen molar-refractivity contribution in [3.8, 4) is 0 Å². The second-order valence-corrected chi connectivity index (χ2v) is 7.98. The van der Waals surface area contributed by atoms with Crippen LogP contribution in [0.5, 0.6) is 0 Å². The summed E-state index contributed by atoms with van der Waals surface area (Å²) in [5, 5.41) is 19.4. The number of nitrogens with zero attached hydrogens (tertiary/aromatic N) is 2. The first-order valence-corrected chi connectivity index (χ1v) is 9.68. The number of nitrogen functional groups attached to an aromatic ring is 1. The summed E-state index contributed by atoms with van der Waals surface area (Å²) in [6.07, 6.45) is 4.03. The van der Waals surface area contributed by atoms with Crippen LogP contribution in [0.4, 0.5) is 5.82 Å². The first-order chi connectivity index (χ1) is 13.0. The number of H-pyrrole nitrogens is 1. The summed E-state index contributed by atoms with van der Waals surface area (Å²) in [7, 11) is 0. The van der Waals surface area contributed by atoms with Crippen LogP contribution >= 0.6 is 0 Å². The van der Waals surface area contributed by atoms with E-state index in [2.05, 4.69) is 15.5 Å². The third kappa shape index (κ3) is 3.66. The second-order valence-electron chi connectivity index (χ2n) is 7.98. The van der Waals surface area contributed by atoms with E-state index >= 15 is 0 Å². The second kappa shape index (κ2) is 7.12. The van der Waals surface area contributed by atoms with Gasteiger partial charge in [0.2, 0.25) is 5.91 Å². The van der Waals surface area contributed by atoms with Gasteiger partial charge in [-0.2, -0.15) is 5.10 Å². The van der Waals surface area contributed by atoms with Crippen molar-refractivity contribution in [2.75, 3.05) is 25.4 Å². The Balaban J connectivity index is 1.31. The molecule has 2 amide bonds. The molecule has 9 nitrogen and oxygen atoms in total. The highest BCUT2D eigenvalue weighted by Crippen LogP contribution is 2.37. The highest BCUT2D eigenvalue weighted by atomic mass is 16.5. The van der Waals surface area contributed by atoms with E-state index in [4.69, 9.17) is 10.5 Å². The molecule has 3 aliphatic rings. The Hall–Kier alpha value is -2.13. The van der Waals surface area contributed by atoms with Gasteiger partial charge in [-0.3, -0.25) is 14.7 Å². The van der Waals surface area contributed by atoms with Crippen molar-refractivity contribution in [3.05, 3.63) is 11.8 Å². The molecule has 3 atom stereocenters. The normalized spacial score (nSPS) is 30.0. The van der Waals surface area contributed by atoms with Gasteiger partial charge in [0, 0.05) is 31.7 Å². The number of aliphatic hydroxyl groups excluding tert-OH is 1. The molecule has 0 aromatic carbocycles. The Morgan fingerprint density at radius 1 is 1.33 bits per heavy atom. The predicted octanol–water partition coefficient (Wildman–Crippen LogP) is 0.0328. The SMILES string of the molecule is Nc1cc(C(=O)N[C@@H]2C[C@H](C(=O)N3CCC4(CCCO4)CC3)C[C@H]2O)[nH]n1. The molecule has 148 valence electrons. The lowest BCUT2D eigenvalue weighted by Gasteiger charge is -2.39. The van der Waals surface area contributed by atoms with E-state index in [9.17, 15) is 14.7 Å². The maximum Gasteiger partial charge on any atom is 0.269 e. The number of hydrogen-bond donors (Lipinski definition) is 4. The molecule has 2 saturated heterocycles. The average molecular weight is 377 g/mol. The molecule has 2 aliphatic heterocycles. The molecule has 27 heavy (non-hydrogen) atoms. The fourth-order valence-corrected chi connectivity index (χ4v) is 4.61. The van der Waals surface area contributed by atoms with Crippen LogP contribution in [-0.4, -0.2) is 69.5 Å². The number of ether oxygens (including phenoxy) is 1. The topological polar surface area (TPSA) is 134 Å². The van der Waals surface area contributed by atoms with Crippen molar-refractivity contribution in [2.45, 2.75) is 56.3 Å². The molecule has 0 radical (unpaired) electrons. The zero-order valence-electron chi connectivity index (χ0n) is 15.3. The van der Waals surface area contributed by atoms with E-state index in [-0.39, 0.29) is 34.8 Å². The predicted molar refractivity (Wildman–Crippen MR) is 96.7 cm³/mol. The Kier molecular flexibility index (Phi) is 4.81. The molecule has 3 fully saturated rings. The minimum Gasteiger partial charge on any atom is -0.391 e. The number of carbonyl (C=O) groups is 2. The lowest BCUT2D eigenvalue weighted by atomic mass is 9.88. The molecule has 9 heteroatoms. The number of aromatic amines is 1. The Labute approximate surface area is 157 Å². The first-order valence-electron chi connectivity index (χ1n) is 9.68. The highest BCUT2D eigenvalue weighted by Gasteiger charge is 2.43. The maximum absolute atomic E-state index is 12.9. The fourth-order valence-electron chi connectivity index (χ4n) is 4.61. The third-order valence-electron chi connectivity index (χ3n) is 6.21. The quantitative estimate of drug-likeness (QED) is 0.587. The monoisotopic (exact) mass is 377 g/mol. The molecule has 0 bridgehead atoms. The van der Waals surface area contributed by atoms with E-state index < -0.39 is 12.1 Å². The smallest absolute Gasteiger partial charge is 0.269 e. The summed E-state index contributed by atoms with van der Waals surface area (Å²) >= 11 is 0. The van der Waals surface area contributed by atoms with Crippen LogP contribution in [0.15, 0.2) is 6.07 Å². The van der Waals surface area contributed by atoms with Gasteiger partial charge in [-0.25, -0.2) is 0 Å². The van der Waals surface area contributed by atoms with Crippen LogP contribution in [0.1, 0.15) is 49.0 Å². The van der Waals surface area contributed by atoms with Gasteiger partial charge in [-0.05, 0) is 38.5 Å². The third-order valence-corrected chi connectivity index (χ3v) is 6.21. The van der Waals surface area contributed by atoms with Gasteiger partial charge < -0.3 is 25.8 Å². The van der Waals surface area contributed by atoms with Crippen molar-refractivity contribution in [2.24, 2.45) is 5.92 Å². The standard InChI is InChI=1S/C18H27N5O4/c19-15-10-13(21-22-15)16(25)20-12-8-11(9-14(12)24)17(26)23-5-3-18(4-6-23)2-1-7-27-18/h10-12,14,24H,1-9H2,(H,20,25)(H3,19,21,22)/t11-,12+,14+/m0/s1. The van der Waals surface area contributed by atoms with E-state index in [0.29, 0.717) is 25.9 Å². The zero-order chi connectivity index (χ0) is 19.0. The van der Waals surface area contributed by atoms with Crippen LogP contribution in [0, 0.1) is 5.92 Å². The number of piperidine rings is 1. The first kappa shape index (κ1) is 18.2. The molecule has 1 saturated carbocycles. The minimum absolute atomic E-state index is 0.0194. The summed E-state index contributed by atoms with van der Waals surface area (Å²) in [6.45, 7) is 2.23. The van der Waals surface area contributed by atoms with Gasteiger partial charge in [-0.15, -0.1) is 0 Å². The van der Waals surface area contributed by atoms with Gasteiger partial charge in [0.25, 0.3) is 5.91 Å². The lowest BCUT2D eigenvalue weighted by molar-refractivity contribution is -0.140. The van der Waals surface area contributed by atoms with Crippen LogP contribution in [0.2, 0.25) is 0 Å². The number of amides is 2. The van der Waals surface area contributed by atoms with Crippen molar-refractivity contribution in [1.29, 1.82) is 0 Å². The van der Waals surface area contributed by atoms with Crippen LogP contribution in [0.3, 0.4) is 0 Å². The summed E-state index contributed by atoms with van der Waals surface area (Å²) in [5.41, 5.74) is 5.73. The molecular weight excluding hydrogens is 350 g/mol. The van der Waals surface area contributed by atoms with Gasteiger partial charge >= 0.3 is 0 Å². The number of anilines is 1. The molecule has 1 aliphatic carbocycles. The number of hydrogen-bond acceptors (Lipinski definition) is 6. The van der Waals surface area contributed by atoms with Crippen molar-refractivity contribution < 1.29 is 19.4 Å². The average Bonchev–Trinajstić information content (AvgIpc) is 3.37. The van der Waals surface area contributed by atoms with Crippen LogP contribution in [0.25, 0.3) is 0 Å². The summed E-state index contributed by atoms with van der Waals surface area (Å²) < 4.78 is 5.91. The minimum atomic E-state index is -0.738. The molecule has 5 N–H and O–H groups in total. The number of carbonyl (C=O) groups excluding carboxylic acids is 2. The van der Waals surface area contributed by atoms with E-state index in [1.54, 1.807) is 0 Å². The maximum atomic E-state index is 12.9. The Morgan fingerprint density at radius 2 is 2.11 bits per heavy atom. The molecule has 0 unspecified atom stereocenters. The summed E-state index contributed by atoms with van der Waals surface area (Å²) in [5.74, 6) is -0.343. The Bertz CT molecular complexity index is 704. The molecule has 1 aromatic heterocycles. The van der Waals surface area contributed by atoms with Crippen molar-refractivity contribution in [3.63, 3.8) is 0 Å². The van der Waals surface area contributed by atoms with E-state index in [0.717, 1.165) is 32.3 Å². The lowest BCUT2D eigenvalue weighted by Crippen LogP contribution is -2.48. The van der Waals surface area contributed by atoms with E-state index in [1.165, 1.54) is 6.07 Å². The summed E-state index contributed by atoms with van der Waals surface area (Å²) in [6, 6.07) is 0.985. The number of likely N-dealkylation sites (tertiary alicyclic amines) is 1. The van der Waals surface area contributed by atoms with Gasteiger partial charge in [0.15, 0.2) is 0 Å². The number of nitrogens with two attached hydrogens (primary N) is 1. The molecule has 1 spiro atoms. The van der Waals surface area contributed by atoms with Gasteiger partial charge in [0.1, 0.15) is 11.5 Å². The zero-order valence-corrected chi connectivity index (χ0v) is 15.3. The number of nitrogens with one attached hydrogen (secondary N) is 2. The molecule has 4 rings (SSSR count). The van der Waals surface area contributed by atoms with Gasteiger partial charge in [0.05, 0.1) is 17.7 Å². The number of aliphatic hydroxyl groups is 1.